The summed E-state index contributed by atoms with van der Waals surface area (Å²) in [4.78, 5) is 20.9. The maximum Gasteiger partial charge on any atom is 0.354 e. The lowest BCUT2D eigenvalue weighted by molar-refractivity contribution is 0.0690. The molecule has 0 amide bonds. The normalized spacial score (nSPS) is 10.3. The number of hydrogen-bond donors (Lipinski definition) is 1. The maximum atomic E-state index is 13.3. The molecule has 0 bridgehead atoms. The number of nitrogens with zero attached hydrogens (tertiary/aromatic N) is 3. The summed E-state index contributed by atoms with van der Waals surface area (Å²) < 4.78 is 13.3. The van der Waals surface area contributed by atoms with Crippen molar-refractivity contribution in [2.75, 3.05) is 11.4 Å². The molecule has 0 saturated carbocycles. The molecule has 104 valence electrons. The van der Waals surface area contributed by atoms with Crippen molar-refractivity contribution in [1.82, 2.24) is 9.97 Å². The van der Waals surface area contributed by atoms with Crippen molar-refractivity contribution in [3.63, 3.8) is 0 Å². The fourth-order valence-corrected chi connectivity index (χ4v) is 1.87. The minimum absolute atomic E-state index is 0.0812. The Morgan fingerprint density at radius 1 is 1.35 bits per heavy atom. The van der Waals surface area contributed by atoms with E-state index >= 15 is 0 Å². The van der Waals surface area contributed by atoms with Gasteiger partial charge < -0.3 is 10.0 Å². The van der Waals surface area contributed by atoms with Gasteiger partial charge >= 0.3 is 5.97 Å². The standard InChI is InChI=1S/C14H14FN3O2/c1-3-18(11-6-4-5-10(15)8-11)14-16-9(2)7-12(17-14)13(19)20/h4-8H,3H2,1-2H3,(H,19,20). The van der Waals surface area contributed by atoms with Crippen LogP contribution in [0.5, 0.6) is 0 Å². The molecule has 0 saturated heterocycles. The topological polar surface area (TPSA) is 66.3 Å². The Balaban J connectivity index is 2.49. The lowest BCUT2D eigenvalue weighted by atomic mass is 10.3. The van der Waals surface area contributed by atoms with E-state index in [-0.39, 0.29) is 17.5 Å². The number of carbonyl (C=O) groups is 1. The van der Waals surface area contributed by atoms with Crippen LogP contribution in [-0.4, -0.2) is 27.6 Å². The summed E-state index contributed by atoms with van der Waals surface area (Å²) in [7, 11) is 0. The molecule has 0 unspecified atom stereocenters. The van der Waals surface area contributed by atoms with Gasteiger partial charge in [0.25, 0.3) is 0 Å². The van der Waals surface area contributed by atoms with Crippen molar-refractivity contribution in [3.8, 4) is 0 Å². The molecule has 20 heavy (non-hydrogen) atoms. The van der Waals surface area contributed by atoms with E-state index in [1.54, 1.807) is 24.0 Å². The van der Waals surface area contributed by atoms with E-state index in [1.165, 1.54) is 18.2 Å². The van der Waals surface area contributed by atoms with Crippen LogP contribution >= 0.6 is 0 Å². The van der Waals surface area contributed by atoms with Crippen LogP contribution in [0.15, 0.2) is 30.3 Å². The fraction of sp³-hybridized carbons (Fsp3) is 0.214. The first-order valence-corrected chi connectivity index (χ1v) is 6.13. The van der Waals surface area contributed by atoms with E-state index < -0.39 is 5.97 Å². The molecule has 2 rings (SSSR count). The third-order valence-corrected chi connectivity index (χ3v) is 2.74. The fourth-order valence-electron chi connectivity index (χ4n) is 1.87. The van der Waals surface area contributed by atoms with E-state index in [1.807, 2.05) is 6.92 Å². The second kappa shape index (κ2) is 5.64. The van der Waals surface area contributed by atoms with E-state index in [4.69, 9.17) is 5.11 Å². The van der Waals surface area contributed by atoms with Gasteiger partial charge in [0.15, 0.2) is 5.69 Å². The number of hydrogen-bond acceptors (Lipinski definition) is 4. The molecule has 0 atom stereocenters. The summed E-state index contributed by atoms with van der Waals surface area (Å²) in [6.07, 6.45) is 0. The molecule has 1 aromatic heterocycles. The third-order valence-electron chi connectivity index (χ3n) is 2.74. The molecule has 0 aliphatic rings. The van der Waals surface area contributed by atoms with Gasteiger partial charge in [-0.05, 0) is 38.1 Å². The zero-order chi connectivity index (χ0) is 14.7. The summed E-state index contributed by atoms with van der Waals surface area (Å²) in [5.74, 6) is -1.24. The quantitative estimate of drug-likeness (QED) is 0.929. The monoisotopic (exact) mass is 275 g/mol. The van der Waals surface area contributed by atoms with Crippen LogP contribution in [0.4, 0.5) is 16.0 Å². The number of aryl methyl sites for hydroxylation is 1. The highest BCUT2D eigenvalue weighted by atomic mass is 19.1. The van der Waals surface area contributed by atoms with E-state index in [0.717, 1.165) is 0 Å². The second-order valence-corrected chi connectivity index (χ2v) is 4.22. The predicted molar refractivity (Wildman–Crippen MR) is 72.8 cm³/mol. The highest BCUT2D eigenvalue weighted by Crippen LogP contribution is 2.23. The van der Waals surface area contributed by atoms with E-state index in [9.17, 15) is 9.18 Å². The minimum atomic E-state index is -1.12. The molecule has 5 nitrogen and oxygen atoms in total. The molecule has 0 aliphatic heterocycles. The second-order valence-electron chi connectivity index (χ2n) is 4.22. The van der Waals surface area contributed by atoms with Crippen molar-refractivity contribution < 1.29 is 14.3 Å². The molecule has 0 radical (unpaired) electrons. The minimum Gasteiger partial charge on any atom is -0.477 e. The SMILES string of the molecule is CCN(c1cccc(F)c1)c1nc(C)cc(C(=O)O)n1. The number of halogens is 1. The van der Waals surface area contributed by atoms with Gasteiger partial charge in [-0.1, -0.05) is 6.07 Å². The average Bonchev–Trinajstić information content (AvgIpc) is 2.39. The summed E-state index contributed by atoms with van der Waals surface area (Å²) in [5.41, 5.74) is 1.04. The third kappa shape index (κ3) is 2.90. The van der Waals surface area contributed by atoms with Gasteiger partial charge in [0.05, 0.1) is 0 Å². The Morgan fingerprint density at radius 2 is 2.10 bits per heavy atom. The largest absolute Gasteiger partial charge is 0.477 e. The molecule has 2 aromatic rings. The smallest absolute Gasteiger partial charge is 0.354 e. The van der Waals surface area contributed by atoms with Crippen LogP contribution in [0.1, 0.15) is 23.1 Å². The van der Waals surface area contributed by atoms with Gasteiger partial charge in [-0.2, -0.15) is 0 Å². The van der Waals surface area contributed by atoms with Crippen LogP contribution in [0.2, 0.25) is 0 Å². The Hall–Kier alpha value is -2.50. The molecule has 0 spiro atoms. The van der Waals surface area contributed by atoms with Crippen molar-refractivity contribution in [2.45, 2.75) is 13.8 Å². The number of aromatic carboxylic acids is 1. The average molecular weight is 275 g/mol. The predicted octanol–water partition coefficient (Wildman–Crippen LogP) is 2.78. The molecule has 1 N–H and O–H groups in total. The van der Waals surface area contributed by atoms with Gasteiger partial charge in [0, 0.05) is 17.9 Å². The zero-order valence-electron chi connectivity index (χ0n) is 11.2. The van der Waals surface area contributed by atoms with Gasteiger partial charge in [-0.25, -0.2) is 19.2 Å². The van der Waals surface area contributed by atoms with Gasteiger partial charge in [-0.3, -0.25) is 0 Å². The number of anilines is 2. The molecular formula is C14H14FN3O2. The van der Waals surface area contributed by atoms with Gasteiger partial charge in [0.1, 0.15) is 5.82 Å². The van der Waals surface area contributed by atoms with Crippen molar-refractivity contribution in [1.29, 1.82) is 0 Å². The van der Waals surface area contributed by atoms with Crippen molar-refractivity contribution in [2.24, 2.45) is 0 Å². The highest BCUT2D eigenvalue weighted by molar-refractivity contribution is 5.85. The Kier molecular flexibility index (Phi) is 3.93. The summed E-state index contributed by atoms with van der Waals surface area (Å²) in [6, 6.07) is 7.40. The zero-order valence-corrected chi connectivity index (χ0v) is 11.2. The maximum absolute atomic E-state index is 13.3. The number of rotatable bonds is 4. The van der Waals surface area contributed by atoms with Crippen LogP contribution in [0, 0.1) is 12.7 Å². The molecule has 1 heterocycles. The molecule has 6 heteroatoms. The van der Waals surface area contributed by atoms with E-state index in [2.05, 4.69) is 9.97 Å². The first kappa shape index (κ1) is 13.9. The van der Waals surface area contributed by atoms with Crippen molar-refractivity contribution >= 4 is 17.6 Å². The highest BCUT2D eigenvalue weighted by Gasteiger charge is 2.15. The van der Waals surface area contributed by atoms with Crippen LogP contribution in [0.3, 0.4) is 0 Å². The van der Waals surface area contributed by atoms with Crippen LogP contribution in [0.25, 0.3) is 0 Å². The Bertz CT molecular complexity index is 646. The van der Waals surface area contributed by atoms with Gasteiger partial charge in [0.2, 0.25) is 5.95 Å². The molecule has 0 fully saturated rings. The molecular weight excluding hydrogens is 261 g/mol. The summed E-state index contributed by atoms with van der Waals surface area (Å²) >= 11 is 0. The van der Waals surface area contributed by atoms with Crippen LogP contribution < -0.4 is 4.90 Å². The number of aromatic nitrogens is 2. The summed E-state index contributed by atoms with van der Waals surface area (Å²) in [6.45, 7) is 4.04. The summed E-state index contributed by atoms with van der Waals surface area (Å²) in [5, 5.41) is 9.03. The Labute approximate surface area is 115 Å². The lowest BCUT2D eigenvalue weighted by Gasteiger charge is -2.21. The number of carboxylic acids is 1. The van der Waals surface area contributed by atoms with Crippen LogP contribution in [-0.2, 0) is 0 Å². The first-order chi connectivity index (χ1) is 9.51. The first-order valence-electron chi connectivity index (χ1n) is 6.13. The lowest BCUT2D eigenvalue weighted by Crippen LogP contribution is -2.20. The molecule has 1 aromatic carbocycles. The molecule has 0 aliphatic carbocycles. The Morgan fingerprint density at radius 3 is 2.70 bits per heavy atom. The number of carboxylic acid groups (broad SMARTS) is 1. The number of benzene rings is 1. The van der Waals surface area contributed by atoms with E-state index in [0.29, 0.717) is 17.9 Å². The van der Waals surface area contributed by atoms with Gasteiger partial charge in [-0.15, -0.1) is 0 Å². The van der Waals surface area contributed by atoms with Crippen molar-refractivity contribution in [3.05, 3.63) is 47.5 Å².